The fraction of sp³-hybridized carbons (Fsp3) is 0.111. The summed E-state index contributed by atoms with van der Waals surface area (Å²) in [7, 11) is -3.27. The second-order valence-corrected chi connectivity index (χ2v) is 4.69. The van der Waals surface area contributed by atoms with Gasteiger partial charge in [0.15, 0.2) is 0 Å². The van der Waals surface area contributed by atoms with E-state index in [1.807, 2.05) is 0 Å². The van der Waals surface area contributed by atoms with Gasteiger partial charge in [0.05, 0.1) is 4.90 Å². The molecule has 0 aromatic heterocycles. The lowest BCUT2D eigenvalue weighted by atomic mass is 10.4. The monoisotopic (exact) mass is 182 g/mol. The first-order chi connectivity index (χ1) is 5.55. The molecule has 0 unspecified atom stereocenters. The highest BCUT2D eigenvalue weighted by Gasteiger charge is 2.13. The molecule has 0 saturated heterocycles. The van der Waals surface area contributed by atoms with Crippen molar-refractivity contribution in [1.29, 1.82) is 0 Å². The quantitative estimate of drug-likeness (QED) is 0.701. The van der Waals surface area contributed by atoms with Crippen molar-refractivity contribution < 1.29 is 8.42 Å². The van der Waals surface area contributed by atoms with Crippen LogP contribution in [-0.4, -0.2) is 8.42 Å². The number of allylic oxidation sites excluding steroid dienone is 1. The molecule has 0 aliphatic rings. The minimum Gasteiger partial charge on any atom is -0.219 e. The van der Waals surface area contributed by atoms with Gasteiger partial charge in [-0.2, -0.15) is 0 Å². The fourth-order valence-corrected chi connectivity index (χ4v) is 1.72. The SMILES string of the molecule is C=C(C)S(=O)(=O)c1ccccc1. The summed E-state index contributed by atoms with van der Waals surface area (Å²) in [6.07, 6.45) is 0. The molecule has 0 aliphatic heterocycles. The first-order valence-corrected chi connectivity index (χ1v) is 4.99. The first-order valence-electron chi connectivity index (χ1n) is 3.51. The van der Waals surface area contributed by atoms with Crippen molar-refractivity contribution in [3.05, 3.63) is 41.8 Å². The van der Waals surface area contributed by atoms with Crippen LogP contribution in [0.3, 0.4) is 0 Å². The zero-order valence-electron chi connectivity index (χ0n) is 6.82. The normalized spacial score (nSPS) is 11.1. The van der Waals surface area contributed by atoms with Gasteiger partial charge in [-0.15, -0.1) is 0 Å². The van der Waals surface area contributed by atoms with E-state index in [0.29, 0.717) is 4.90 Å². The van der Waals surface area contributed by atoms with Crippen molar-refractivity contribution in [3.63, 3.8) is 0 Å². The Bertz CT molecular complexity index is 376. The highest BCUT2D eigenvalue weighted by Crippen LogP contribution is 2.15. The molecule has 0 atom stereocenters. The van der Waals surface area contributed by atoms with Gasteiger partial charge in [0.2, 0.25) is 9.84 Å². The Kier molecular flexibility index (Phi) is 2.33. The van der Waals surface area contributed by atoms with Gasteiger partial charge in [-0.3, -0.25) is 0 Å². The molecule has 0 spiro atoms. The molecule has 0 fully saturated rings. The van der Waals surface area contributed by atoms with Crippen molar-refractivity contribution in [2.24, 2.45) is 0 Å². The van der Waals surface area contributed by atoms with Gasteiger partial charge in [-0.05, 0) is 19.1 Å². The van der Waals surface area contributed by atoms with E-state index in [9.17, 15) is 8.42 Å². The van der Waals surface area contributed by atoms with Gasteiger partial charge in [-0.25, -0.2) is 8.42 Å². The lowest BCUT2D eigenvalue weighted by molar-refractivity contribution is 0.602. The average molecular weight is 182 g/mol. The third-order valence-corrected chi connectivity index (χ3v) is 3.32. The van der Waals surface area contributed by atoms with Gasteiger partial charge in [0.1, 0.15) is 0 Å². The van der Waals surface area contributed by atoms with Crippen molar-refractivity contribution in [2.45, 2.75) is 11.8 Å². The Morgan fingerprint density at radius 2 is 1.75 bits per heavy atom. The van der Waals surface area contributed by atoms with E-state index in [2.05, 4.69) is 6.58 Å². The van der Waals surface area contributed by atoms with E-state index in [1.165, 1.54) is 6.92 Å². The highest BCUT2D eigenvalue weighted by molar-refractivity contribution is 7.95. The van der Waals surface area contributed by atoms with Crippen LogP contribution in [0.25, 0.3) is 0 Å². The molecule has 0 bridgehead atoms. The third-order valence-electron chi connectivity index (χ3n) is 1.51. The number of hydrogen-bond acceptors (Lipinski definition) is 2. The largest absolute Gasteiger partial charge is 0.219 e. The van der Waals surface area contributed by atoms with Crippen molar-refractivity contribution >= 4 is 9.84 Å². The van der Waals surface area contributed by atoms with Crippen molar-refractivity contribution in [2.75, 3.05) is 0 Å². The van der Waals surface area contributed by atoms with E-state index in [4.69, 9.17) is 0 Å². The second kappa shape index (κ2) is 3.11. The molecule has 0 saturated carbocycles. The Hall–Kier alpha value is -1.09. The van der Waals surface area contributed by atoms with Crippen LogP contribution >= 0.6 is 0 Å². The van der Waals surface area contributed by atoms with Crippen LogP contribution in [-0.2, 0) is 9.84 Å². The van der Waals surface area contributed by atoms with Gasteiger partial charge < -0.3 is 0 Å². The molecule has 12 heavy (non-hydrogen) atoms. The average Bonchev–Trinajstić information content (AvgIpc) is 2.06. The molecule has 1 rings (SSSR count). The van der Waals surface area contributed by atoms with E-state index < -0.39 is 9.84 Å². The molecule has 0 heterocycles. The molecule has 2 nitrogen and oxygen atoms in total. The van der Waals surface area contributed by atoms with Crippen LogP contribution in [0.2, 0.25) is 0 Å². The molecule has 1 aromatic carbocycles. The molecule has 3 heteroatoms. The molecular formula is C9H10O2S. The lowest BCUT2D eigenvalue weighted by Gasteiger charge is -2.01. The van der Waals surface area contributed by atoms with Crippen LogP contribution in [0, 0.1) is 0 Å². The van der Waals surface area contributed by atoms with Crippen LogP contribution in [0.15, 0.2) is 46.7 Å². The standard InChI is InChI=1S/C9H10O2S/c1-8(2)12(10,11)9-6-4-3-5-7-9/h3-7H,1H2,2H3. The molecule has 0 amide bonds. The summed E-state index contributed by atoms with van der Waals surface area (Å²) in [6, 6.07) is 8.27. The Balaban J connectivity index is 3.26. The summed E-state index contributed by atoms with van der Waals surface area (Å²) >= 11 is 0. The van der Waals surface area contributed by atoms with E-state index in [1.54, 1.807) is 30.3 Å². The molecule has 0 radical (unpaired) electrons. The number of hydrogen-bond donors (Lipinski definition) is 0. The van der Waals surface area contributed by atoms with E-state index >= 15 is 0 Å². The minimum absolute atomic E-state index is 0.175. The van der Waals surface area contributed by atoms with Crippen LogP contribution in [0.5, 0.6) is 0 Å². The van der Waals surface area contributed by atoms with Gasteiger partial charge in [-0.1, -0.05) is 24.8 Å². The predicted octanol–water partition coefficient (Wildman–Crippen LogP) is 1.99. The van der Waals surface area contributed by atoms with E-state index in [-0.39, 0.29) is 4.91 Å². The summed E-state index contributed by atoms with van der Waals surface area (Å²) in [5, 5.41) is 0. The first kappa shape index (κ1) is 9.00. The van der Waals surface area contributed by atoms with Crippen LogP contribution in [0.1, 0.15) is 6.92 Å². The molecule has 64 valence electrons. The smallest absolute Gasteiger partial charge is 0.201 e. The summed E-state index contributed by atoms with van der Waals surface area (Å²) in [5.41, 5.74) is 0. The molecular weight excluding hydrogens is 172 g/mol. The van der Waals surface area contributed by atoms with Crippen molar-refractivity contribution in [3.8, 4) is 0 Å². The molecule has 1 aromatic rings. The van der Waals surface area contributed by atoms with Gasteiger partial charge >= 0.3 is 0 Å². The predicted molar refractivity (Wildman–Crippen MR) is 48.4 cm³/mol. The van der Waals surface area contributed by atoms with Crippen LogP contribution < -0.4 is 0 Å². The Morgan fingerprint density at radius 3 is 2.17 bits per heavy atom. The number of sulfone groups is 1. The second-order valence-electron chi connectivity index (χ2n) is 2.52. The Morgan fingerprint density at radius 1 is 1.25 bits per heavy atom. The zero-order valence-corrected chi connectivity index (χ0v) is 7.64. The van der Waals surface area contributed by atoms with Crippen molar-refractivity contribution in [1.82, 2.24) is 0 Å². The topological polar surface area (TPSA) is 34.1 Å². The summed E-state index contributed by atoms with van der Waals surface area (Å²) in [5.74, 6) is 0. The minimum atomic E-state index is -3.27. The maximum absolute atomic E-state index is 11.4. The molecule has 0 aliphatic carbocycles. The van der Waals surface area contributed by atoms with E-state index in [0.717, 1.165) is 0 Å². The third kappa shape index (κ3) is 1.56. The number of benzene rings is 1. The lowest BCUT2D eigenvalue weighted by Crippen LogP contribution is -2.00. The van der Waals surface area contributed by atoms with Gasteiger partial charge in [0.25, 0.3) is 0 Å². The maximum atomic E-state index is 11.4. The number of rotatable bonds is 2. The van der Waals surface area contributed by atoms with Gasteiger partial charge in [0, 0.05) is 4.91 Å². The zero-order chi connectivity index (χ0) is 9.19. The fourth-order valence-electron chi connectivity index (χ4n) is 0.801. The van der Waals surface area contributed by atoms with Crippen LogP contribution in [0.4, 0.5) is 0 Å². The molecule has 0 N–H and O–H groups in total. The Labute approximate surface area is 72.5 Å². The summed E-state index contributed by atoms with van der Waals surface area (Å²) in [4.78, 5) is 0.478. The maximum Gasteiger partial charge on any atom is 0.201 e. The summed E-state index contributed by atoms with van der Waals surface area (Å²) < 4.78 is 22.9. The highest BCUT2D eigenvalue weighted by atomic mass is 32.2. The summed E-state index contributed by atoms with van der Waals surface area (Å²) in [6.45, 7) is 4.90.